The molecule has 1 aromatic heterocycles. The summed E-state index contributed by atoms with van der Waals surface area (Å²) in [5.74, 6) is 0. The molecule has 1 aliphatic heterocycles. The molecule has 7 nitrogen and oxygen atoms in total. The molecule has 1 amide bonds. The minimum absolute atomic E-state index is 0.326. The number of nitrogen functional groups attached to an aromatic ring is 1. The molecule has 26 heavy (non-hydrogen) atoms. The van der Waals surface area contributed by atoms with Crippen LogP contribution in [0.2, 0.25) is 0 Å². The Morgan fingerprint density at radius 1 is 1.35 bits per heavy atom. The molecule has 0 aromatic carbocycles. The van der Waals surface area contributed by atoms with Gasteiger partial charge in [-0.05, 0) is 32.3 Å². The van der Waals surface area contributed by atoms with E-state index in [1.165, 1.54) is 0 Å². The lowest BCUT2D eigenvalue weighted by molar-refractivity contribution is -0.171. The highest BCUT2D eigenvalue weighted by Gasteiger charge is 2.45. The number of aromatic nitrogens is 1. The summed E-state index contributed by atoms with van der Waals surface area (Å²) in [7, 11) is 0. The Balaban J connectivity index is 2.25. The zero-order valence-corrected chi connectivity index (χ0v) is 16.4. The van der Waals surface area contributed by atoms with Crippen LogP contribution in [0.3, 0.4) is 0 Å². The number of hydrogen-bond acceptors (Lipinski definition) is 6. The first-order valence-corrected chi connectivity index (χ1v) is 8.91. The topological polar surface area (TPSA) is 107 Å². The van der Waals surface area contributed by atoms with Gasteiger partial charge in [0.1, 0.15) is 11.7 Å². The molecule has 1 aliphatic rings. The summed E-state index contributed by atoms with van der Waals surface area (Å²) >= 11 is 0. The molecule has 2 heterocycles. The van der Waals surface area contributed by atoms with Crippen LogP contribution < -0.4 is 11.1 Å². The van der Waals surface area contributed by atoms with Crippen molar-refractivity contribution in [2.24, 2.45) is 5.41 Å². The molecule has 1 saturated heterocycles. The molecule has 0 unspecified atom stereocenters. The van der Waals surface area contributed by atoms with Crippen LogP contribution in [-0.2, 0) is 9.47 Å². The molecule has 4 atom stereocenters. The van der Waals surface area contributed by atoms with Gasteiger partial charge in [-0.1, -0.05) is 20.8 Å². The lowest BCUT2D eigenvalue weighted by Gasteiger charge is -2.45. The number of carbonyl (C=O) groups is 1. The number of pyridine rings is 1. The van der Waals surface area contributed by atoms with Crippen molar-refractivity contribution < 1.29 is 19.4 Å². The van der Waals surface area contributed by atoms with Gasteiger partial charge in [-0.3, -0.25) is 4.98 Å². The molecule has 2 rings (SSSR count). The van der Waals surface area contributed by atoms with Gasteiger partial charge in [-0.2, -0.15) is 0 Å². The third-order valence-corrected chi connectivity index (χ3v) is 4.29. The minimum atomic E-state index is -0.859. The first-order valence-electron chi connectivity index (χ1n) is 8.91. The quantitative estimate of drug-likeness (QED) is 0.744. The number of hydrogen-bond donors (Lipinski definition) is 3. The molecule has 0 saturated carbocycles. The predicted octanol–water partition coefficient (Wildman–Crippen LogP) is 2.79. The largest absolute Gasteiger partial charge is 0.444 e. The Hall–Kier alpha value is -1.86. The fraction of sp³-hybridized carbons (Fsp3) is 0.684. The van der Waals surface area contributed by atoms with Crippen molar-refractivity contribution in [1.29, 1.82) is 0 Å². The maximum absolute atomic E-state index is 12.2. The monoisotopic (exact) mass is 365 g/mol. The Labute approximate surface area is 155 Å². The van der Waals surface area contributed by atoms with Crippen molar-refractivity contribution in [3.63, 3.8) is 0 Å². The first-order chi connectivity index (χ1) is 11.9. The maximum Gasteiger partial charge on any atom is 0.407 e. The molecule has 1 aromatic rings. The summed E-state index contributed by atoms with van der Waals surface area (Å²) in [6.07, 6.45) is 1.37. The van der Waals surface area contributed by atoms with Crippen molar-refractivity contribution in [2.75, 3.05) is 5.73 Å². The standard InChI is InChI=1S/C19H31N3O4/c1-18(2,3)16-15(23)13(22-17(24)26-19(4,5)6)9-14(25-16)11-7-8-21-10-12(11)20/h7-8,10,13-16,23H,9,20H2,1-6H3,(H,22,24)/t13-,14+,15-,16-/m0/s1. The smallest absolute Gasteiger partial charge is 0.407 e. The zero-order valence-electron chi connectivity index (χ0n) is 16.4. The fourth-order valence-corrected chi connectivity index (χ4v) is 3.12. The minimum Gasteiger partial charge on any atom is -0.444 e. The molecule has 0 aliphatic carbocycles. The Bertz CT molecular complexity index is 636. The van der Waals surface area contributed by atoms with Gasteiger partial charge < -0.3 is 25.6 Å². The van der Waals surface area contributed by atoms with Gasteiger partial charge in [0.25, 0.3) is 0 Å². The second kappa shape index (κ2) is 7.40. The normalized spacial score (nSPS) is 27.0. The van der Waals surface area contributed by atoms with E-state index in [1.807, 2.05) is 26.8 Å². The Kier molecular flexibility index (Phi) is 5.82. The average molecular weight is 365 g/mol. The van der Waals surface area contributed by atoms with Gasteiger partial charge in [-0.15, -0.1) is 0 Å². The third-order valence-electron chi connectivity index (χ3n) is 4.29. The molecule has 1 fully saturated rings. The van der Waals surface area contributed by atoms with Crippen LogP contribution in [0.5, 0.6) is 0 Å². The van der Waals surface area contributed by atoms with E-state index in [0.29, 0.717) is 12.1 Å². The van der Waals surface area contributed by atoms with Gasteiger partial charge in [0.15, 0.2) is 0 Å². The highest BCUT2D eigenvalue weighted by molar-refractivity contribution is 5.68. The third kappa shape index (κ3) is 5.08. The number of nitrogens with one attached hydrogen (secondary N) is 1. The number of amides is 1. The van der Waals surface area contributed by atoms with E-state index < -0.39 is 29.9 Å². The molecule has 7 heteroatoms. The predicted molar refractivity (Wildman–Crippen MR) is 99.5 cm³/mol. The van der Waals surface area contributed by atoms with Gasteiger partial charge in [0, 0.05) is 18.2 Å². The molecule has 0 bridgehead atoms. The van der Waals surface area contributed by atoms with E-state index in [2.05, 4.69) is 10.3 Å². The van der Waals surface area contributed by atoms with E-state index >= 15 is 0 Å². The second-order valence-electron chi connectivity index (χ2n) is 8.89. The highest BCUT2D eigenvalue weighted by atomic mass is 16.6. The van der Waals surface area contributed by atoms with Crippen molar-refractivity contribution in [2.45, 2.75) is 77.9 Å². The number of aliphatic hydroxyl groups excluding tert-OH is 1. The molecule has 0 radical (unpaired) electrons. The summed E-state index contributed by atoms with van der Waals surface area (Å²) in [5, 5.41) is 13.6. The number of ether oxygens (including phenoxy) is 2. The number of nitrogens with zero attached hydrogens (tertiary/aromatic N) is 1. The van der Waals surface area contributed by atoms with Crippen LogP contribution in [0.15, 0.2) is 18.5 Å². The van der Waals surface area contributed by atoms with Crippen molar-refractivity contribution in [3.8, 4) is 0 Å². The Morgan fingerprint density at radius 2 is 2.00 bits per heavy atom. The van der Waals surface area contributed by atoms with E-state index in [-0.39, 0.29) is 11.5 Å². The van der Waals surface area contributed by atoms with Crippen LogP contribution in [0, 0.1) is 5.41 Å². The van der Waals surface area contributed by atoms with Gasteiger partial charge in [0.2, 0.25) is 0 Å². The lowest BCUT2D eigenvalue weighted by Crippen LogP contribution is -2.57. The summed E-state index contributed by atoms with van der Waals surface area (Å²) in [6, 6.07) is 1.29. The average Bonchev–Trinajstić information content (AvgIpc) is 2.47. The van der Waals surface area contributed by atoms with Crippen molar-refractivity contribution in [1.82, 2.24) is 10.3 Å². The van der Waals surface area contributed by atoms with Crippen LogP contribution >= 0.6 is 0 Å². The maximum atomic E-state index is 12.2. The molecule has 0 spiro atoms. The van der Waals surface area contributed by atoms with E-state index in [4.69, 9.17) is 15.2 Å². The number of aliphatic hydroxyl groups is 1. The number of carbonyl (C=O) groups excluding carboxylic acids is 1. The lowest BCUT2D eigenvalue weighted by atomic mass is 9.79. The van der Waals surface area contributed by atoms with E-state index in [0.717, 1.165) is 5.56 Å². The number of alkyl carbamates (subject to hydrolysis) is 1. The number of rotatable bonds is 2. The van der Waals surface area contributed by atoms with Gasteiger partial charge >= 0.3 is 6.09 Å². The van der Waals surface area contributed by atoms with Gasteiger partial charge in [-0.25, -0.2) is 4.79 Å². The SMILES string of the molecule is CC(C)(C)OC(=O)N[C@H]1C[C@H](c2ccncc2N)O[C@H](C(C)(C)C)[C@H]1O. The van der Waals surface area contributed by atoms with E-state index in [1.54, 1.807) is 33.2 Å². The molecular weight excluding hydrogens is 334 g/mol. The molecule has 4 N–H and O–H groups in total. The van der Waals surface area contributed by atoms with Crippen molar-refractivity contribution >= 4 is 11.8 Å². The fourth-order valence-electron chi connectivity index (χ4n) is 3.12. The molecular formula is C19H31N3O4. The summed E-state index contributed by atoms with van der Waals surface area (Å²) in [4.78, 5) is 16.2. The second-order valence-corrected chi connectivity index (χ2v) is 8.89. The summed E-state index contributed by atoms with van der Waals surface area (Å²) < 4.78 is 11.5. The number of nitrogens with two attached hydrogens (primary N) is 1. The van der Waals surface area contributed by atoms with E-state index in [9.17, 15) is 9.90 Å². The highest BCUT2D eigenvalue weighted by Crippen LogP contribution is 2.40. The Morgan fingerprint density at radius 3 is 2.54 bits per heavy atom. The summed E-state index contributed by atoms with van der Waals surface area (Å²) in [6.45, 7) is 11.4. The van der Waals surface area contributed by atoms with Crippen LogP contribution in [0.25, 0.3) is 0 Å². The van der Waals surface area contributed by atoms with Crippen molar-refractivity contribution in [3.05, 3.63) is 24.0 Å². The zero-order chi connectivity index (χ0) is 19.7. The summed E-state index contributed by atoms with van der Waals surface area (Å²) in [5.41, 5.74) is 6.44. The van der Waals surface area contributed by atoms with Crippen LogP contribution in [0.4, 0.5) is 10.5 Å². The molecule has 146 valence electrons. The number of anilines is 1. The van der Waals surface area contributed by atoms with Crippen LogP contribution in [0.1, 0.15) is 59.6 Å². The van der Waals surface area contributed by atoms with Crippen LogP contribution in [-0.4, -0.2) is 40.0 Å². The first kappa shape index (κ1) is 20.5. The van der Waals surface area contributed by atoms with Gasteiger partial charge in [0.05, 0.1) is 30.1 Å².